The van der Waals surface area contributed by atoms with Gasteiger partial charge in [0.15, 0.2) is 0 Å². The summed E-state index contributed by atoms with van der Waals surface area (Å²) in [5.74, 6) is 0.829. The molecule has 6 nitrogen and oxygen atoms in total. The third-order valence-electron chi connectivity index (χ3n) is 5.37. The number of likely N-dealkylation sites (tertiary alicyclic amines) is 1. The summed E-state index contributed by atoms with van der Waals surface area (Å²) in [6.45, 7) is 7.68. The number of fused-ring (bicyclic) bond motifs is 1. The molecule has 140 valence electrons. The molecule has 3 heterocycles. The van der Waals surface area contributed by atoms with Crippen molar-refractivity contribution in [2.75, 3.05) is 31.2 Å². The van der Waals surface area contributed by atoms with E-state index in [9.17, 15) is 4.79 Å². The Labute approximate surface area is 159 Å². The molecule has 0 saturated carbocycles. The molecule has 2 aliphatic rings. The second-order valence-corrected chi connectivity index (χ2v) is 7.24. The quantitative estimate of drug-likeness (QED) is 0.827. The first-order valence-corrected chi connectivity index (χ1v) is 9.46. The van der Waals surface area contributed by atoms with Gasteiger partial charge in [0.1, 0.15) is 5.82 Å². The van der Waals surface area contributed by atoms with E-state index in [1.807, 2.05) is 6.07 Å². The van der Waals surface area contributed by atoms with Crippen molar-refractivity contribution >= 4 is 18.4 Å². The van der Waals surface area contributed by atoms with Crippen LogP contribution in [0.25, 0.3) is 0 Å². The molecule has 0 unspecified atom stereocenters. The van der Waals surface area contributed by atoms with Gasteiger partial charge in [-0.1, -0.05) is 24.3 Å². The Kier molecular flexibility index (Phi) is 5.16. The SMILES string of the molecule is C=NCN1CC[C@@H](NC(=O)c2ccnc(N3CCc4ccccc4C3)c2)C1. The Morgan fingerprint density at radius 1 is 1.26 bits per heavy atom. The normalized spacial score (nSPS) is 19.6. The van der Waals surface area contributed by atoms with Crippen molar-refractivity contribution in [3.63, 3.8) is 0 Å². The first-order chi connectivity index (χ1) is 13.2. The number of nitrogens with zero attached hydrogens (tertiary/aromatic N) is 4. The molecule has 0 aliphatic carbocycles. The number of nitrogens with one attached hydrogen (secondary N) is 1. The Hall–Kier alpha value is -2.73. The number of hydrogen-bond acceptors (Lipinski definition) is 5. The van der Waals surface area contributed by atoms with Gasteiger partial charge >= 0.3 is 0 Å². The van der Waals surface area contributed by atoms with Crippen molar-refractivity contribution in [3.8, 4) is 0 Å². The summed E-state index contributed by atoms with van der Waals surface area (Å²) >= 11 is 0. The number of aliphatic imine (C=N–C) groups is 1. The highest BCUT2D eigenvalue weighted by atomic mass is 16.1. The second-order valence-electron chi connectivity index (χ2n) is 7.24. The first kappa shape index (κ1) is 17.7. The van der Waals surface area contributed by atoms with Gasteiger partial charge in [0.2, 0.25) is 0 Å². The number of benzene rings is 1. The van der Waals surface area contributed by atoms with E-state index in [-0.39, 0.29) is 11.9 Å². The standard InChI is InChI=1S/C21H25N5O/c1-22-15-25-10-8-19(14-25)24-21(27)17-6-9-23-20(12-17)26-11-7-16-4-2-3-5-18(16)13-26/h2-6,9,12,19H,1,7-8,10-11,13-15H2,(H,24,27)/t19-/m1/s1. The van der Waals surface area contributed by atoms with Gasteiger partial charge in [-0.2, -0.15) is 0 Å². The summed E-state index contributed by atoms with van der Waals surface area (Å²) in [5.41, 5.74) is 3.41. The molecule has 2 aliphatic heterocycles. The number of rotatable bonds is 5. The number of pyridine rings is 1. The fraction of sp³-hybridized carbons (Fsp3) is 0.381. The lowest BCUT2D eigenvalue weighted by atomic mass is 10.00. The highest BCUT2D eigenvalue weighted by Crippen LogP contribution is 2.23. The van der Waals surface area contributed by atoms with Gasteiger partial charge < -0.3 is 10.2 Å². The van der Waals surface area contributed by atoms with Crippen LogP contribution in [-0.4, -0.2) is 54.9 Å². The van der Waals surface area contributed by atoms with Crippen LogP contribution in [0, 0.1) is 0 Å². The van der Waals surface area contributed by atoms with E-state index < -0.39 is 0 Å². The number of aromatic nitrogens is 1. The van der Waals surface area contributed by atoms with E-state index >= 15 is 0 Å². The van der Waals surface area contributed by atoms with Crippen LogP contribution in [0.3, 0.4) is 0 Å². The van der Waals surface area contributed by atoms with Crippen molar-refractivity contribution in [3.05, 3.63) is 59.3 Å². The van der Waals surface area contributed by atoms with Gasteiger partial charge in [0, 0.05) is 44.0 Å². The van der Waals surface area contributed by atoms with E-state index in [0.29, 0.717) is 12.2 Å². The van der Waals surface area contributed by atoms with E-state index in [0.717, 1.165) is 44.8 Å². The molecule has 1 fully saturated rings. The maximum absolute atomic E-state index is 12.7. The lowest BCUT2D eigenvalue weighted by Crippen LogP contribution is -2.37. The van der Waals surface area contributed by atoms with Crippen LogP contribution in [0.4, 0.5) is 5.82 Å². The minimum Gasteiger partial charge on any atom is -0.352 e. The molecular weight excluding hydrogens is 338 g/mol. The molecule has 0 bridgehead atoms. The largest absolute Gasteiger partial charge is 0.352 e. The molecule has 0 radical (unpaired) electrons. The summed E-state index contributed by atoms with van der Waals surface area (Å²) in [6.07, 6.45) is 3.68. The van der Waals surface area contributed by atoms with Gasteiger partial charge in [0.05, 0.1) is 6.67 Å². The molecule has 27 heavy (non-hydrogen) atoms. The van der Waals surface area contributed by atoms with Crippen LogP contribution < -0.4 is 10.2 Å². The predicted octanol–water partition coefficient (Wildman–Crippen LogP) is 2.11. The van der Waals surface area contributed by atoms with Crippen molar-refractivity contribution in [1.29, 1.82) is 0 Å². The lowest BCUT2D eigenvalue weighted by Gasteiger charge is -2.30. The Morgan fingerprint density at radius 3 is 2.96 bits per heavy atom. The first-order valence-electron chi connectivity index (χ1n) is 9.46. The molecule has 1 aromatic heterocycles. The summed E-state index contributed by atoms with van der Waals surface area (Å²) in [6, 6.07) is 12.4. The third-order valence-corrected chi connectivity index (χ3v) is 5.37. The molecule has 1 atom stereocenters. The number of carbonyl (C=O) groups excluding carboxylic acids is 1. The van der Waals surface area contributed by atoms with Crippen LogP contribution in [-0.2, 0) is 13.0 Å². The Bertz CT molecular complexity index is 837. The molecule has 6 heteroatoms. The molecule has 1 N–H and O–H groups in total. The van der Waals surface area contributed by atoms with Crippen LogP contribution in [0.15, 0.2) is 47.6 Å². The second kappa shape index (κ2) is 7.88. The average Bonchev–Trinajstić information content (AvgIpc) is 3.15. The highest BCUT2D eigenvalue weighted by Gasteiger charge is 2.24. The molecule has 1 saturated heterocycles. The van der Waals surface area contributed by atoms with Crippen LogP contribution in [0.1, 0.15) is 27.9 Å². The number of carbonyl (C=O) groups is 1. The minimum absolute atomic E-state index is 0.0329. The summed E-state index contributed by atoms with van der Waals surface area (Å²) in [7, 11) is 0. The molecular formula is C21H25N5O. The van der Waals surface area contributed by atoms with Crippen molar-refractivity contribution in [1.82, 2.24) is 15.2 Å². The third kappa shape index (κ3) is 4.01. The number of anilines is 1. The molecule has 1 aromatic carbocycles. The highest BCUT2D eigenvalue weighted by molar-refractivity contribution is 5.95. The summed E-state index contributed by atoms with van der Waals surface area (Å²) in [5, 5.41) is 3.14. The van der Waals surface area contributed by atoms with Crippen molar-refractivity contribution in [2.24, 2.45) is 4.99 Å². The fourth-order valence-corrected chi connectivity index (χ4v) is 3.91. The summed E-state index contributed by atoms with van der Waals surface area (Å²) in [4.78, 5) is 25.5. The van der Waals surface area contributed by atoms with Gasteiger partial charge in [-0.3, -0.25) is 14.7 Å². The van der Waals surface area contributed by atoms with Crippen molar-refractivity contribution < 1.29 is 4.79 Å². The van der Waals surface area contributed by atoms with Gasteiger partial charge in [0.25, 0.3) is 5.91 Å². The maximum atomic E-state index is 12.7. The lowest BCUT2D eigenvalue weighted by molar-refractivity contribution is 0.0938. The van der Waals surface area contributed by atoms with E-state index in [1.165, 1.54) is 11.1 Å². The van der Waals surface area contributed by atoms with Gasteiger partial charge in [-0.25, -0.2) is 4.98 Å². The fourth-order valence-electron chi connectivity index (χ4n) is 3.91. The Morgan fingerprint density at radius 2 is 2.11 bits per heavy atom. The minimum atomic E-state index is -0.0329. The zero-order chi connectivity index (χ0) is 18.6. The smallest absolute Gasteiger partial charge is 0.251 e. The van der Waals surface area contributed by atoms with Gasteiger partial charge in [-0.15, -0.1) is 0 Å². The predicted molar refractivity (Wildman–Crippen MR) is 107 cm³/mol. The topological polar surface area (TPSA) is 60.8 Å². The Balaban J connectivity index is 1.42. The van der Waals surface area contributed by atoms with Crippen LogP contribution in [0.2, 0.25) is 0 Å². The van der Waals surface area contributed by atoms with Gasteiger partial charge in [-0.05, 0) is 42.8 Å². The van der Waals surface area contributed by atoms with Crippen LogP contribution >= 0.6 is 0 Å². The maximum Gasteiger partial charge on any atom is 0.251 e. The molecule has 1 amide bonds. The number of amides is 1. The molecule has 0 spiro atoms. The van der Waals surface area contributed by atoms with Crippen LogP contribution in [0.5, 0.6) is 0 Å². The zero-order valence-electron chi connectivity index (χ0n) is 15.5. The van der Waals surface area contributed by atoms with Crippen molar-refractivity contribution in [2.45, 2.75) is 25.4 Å². The number of hydrogen-bond donors (Lipinski definition) is 1. The molecule has 4 rings (SSSR count). The zero-order valence-corrected chi connectivity index (χ0v) is 15.5. The molecule has 2 aromatic rings. The summed E-state index contributed by atoms with van der Waals surface area (Å²) < 4.78 is 0. The van der Waals surface area contributed by atoms with E-state index in [4.69, 9.17) is 0 Å². The van der Waals surface area contributed by atoms with E-state index in [1.54, 1.807) is 12.3 Å². The average molecular weight is 363 g/mol. The van der Waals surface area contributed by atoms with E-state index in [2.05, 4.69) is 56.1 Å². The monoisotopic (exact) mass is 363 g/mol.